The maximum Gasteiger partial charge on any atom is 0.227 e. The molecule has 3 aromatic rings. The van der Waals surface area contributed by atoms with E-state index in [4.69, 9.17) is 0 Å². The third-order valence-corrected chi connectivity index (χ3v) is 4.92. The molecule has 0 saturated heterocycles. The van der Waals surface area contributed by atoms with Crippen molar-refractivity contribution in [2.45, 2.75) is 19.5 Å². The van der Waals surface area contributed by atoms with Crippen molar-refractivity contribution in [3.63, 3.8) is 0 Å². The quantitative estimate of drug-likeness (QED) is 0.742. The highest BCUT2D eigenvalue weighted by Gasteiger charge is 2.23. The Bertz CT molecular complexity index is 808. The van der Waals surface area contributed by atoms with Crippen LogP contribution in [0.5, 0.6) is 0 Å². The topological polar surface area (TPSA) is 38.1 Å². The Morgan fingerprint density at radius 3 is 2.83 bits per heavy atom. The normalized spacial score (nSPS) is 13.8. The maximum absolute atomic E-state index is 12.5. The number of imidazole rings is 1. The number of amides is 1. The molecule has 116 valence electrons. The van der Waals surface area contributed by atoms with Crippen molar-refractivity contribution in [1.29, 1.82) is 0 Å². The lowest BCUT2D eigenvalue weighted by Gasteiger charge is -2.28. The summed E-state index contributed by atoms with van der Waals surface area (Å²) in [6, 6.07) is 12.0. The van der Waals surface area contributed by atoms with E-state index in [1.54, 1.807) is 11.3 Å². The van der Waals surface area contributed by atoms with Gasteiger partial charge in [-0.2, -0.15) is 11.3 Å². The van der Waals surface area contributed by atoms with E-state index in [2.05, 4.69) is 26.4 Å². The predicted molar refractivity (Wildman–Crippen MR) is 91.1 cm³/mol. The van der Waals surface area contributed by atoms with Crippen molar-refractivity contribution in [1.82, 2.24) is 14.5 Å². The van der Waals surface area contributed by atoms with Crippen molar-refractivity contribution < 1.29 is 4.79 Å². The van der Waals surface area contributed by atoms with Gasteiger partial charge >= 0.3 is 0 Å². The molecule has 0 N–H and O–H groups in total. The van der Waals surface area contributed by atoms with Gasteiger partial charge in [0, 0.05) is 24.0 Å². The number of hydrogen-bond acceptors (Lipinski definition) is 3. The van der Waals surface area contributed by atoms with Gasteiger partial charge in [0.05, 0.1) is 24.9 Å². The van der Waals surface area contributed by atoms with E-state index in [1.165, 1.54) is 5.56 Å². The number of carbonyl (C=O) groups excluding carboxylic acids is 1. The zero-order valence-electron chi connectivity index (χ0n) is 12.7. The smallest absolute Gasteiger partial charge is 0.227 e. The minimum atomic E-state index is 0.169. The van der Waals surface area contributed by atoms with Crippen LogP contribution in [0, 0.1) is 0 Å². The van der Waals surface area contributed by atoms with Gasteiger partial charge in [0.25, 0.3) is 0 Å². The molecule has 1 aliphatic rings. The second-order valence-electron chi connectivity index (χ2n) is 5.70. The molecule has 0 spiro atoms. The third-order valence-electron chi connectivity index (χ3n) is 4.23. The Balaban J connectivity index is 1.50. The van der Waals surface area contributed by atoms with Gasteiger partial charge in [-0.15, -0.1) is 0 Å². The van der Waals surface area contributed by atoms with Crippen LogP contribution in [-0.4, -0.2) is 26.9 Å². The minimum Gasteiger partial charge on any atom is -0.333 e. The highest BCUT2D eigenvalue weighted by molar-refractivity contribution is 7.08. The molecule has 0 aliphatic carbocycles. The summed E-state index contributed by atoms with van der Waals surface area (Å²) >= 11 is 1.69. The van der Waals surface area contributed by atoms with Crippen LogP contribution in [0.25, 0.3) is 11.3 Å². The molecular formula is C18H17N3OS. The molecule has 3 heterocycles. The first kappa shape index (κ1) is 14.2. The van der Waals surface area contributed by atoms with Crippen molar-refractivity contribution in [2.24, 2.45) is 0 Å². The molecule has 0 saturated carbocycles. The summed E-state index contributed by atoms with van der Waals surface area (Å²) in [5.74, 6) is 1.14. The zero-order chi connectivity index (χ0) is 15.6. The number of aromatic nitrogens is 2. The molecular weight excluding hydrogens is 306 g/mol. The monoisotopic (exact) mass is 323 g/mol. The van der Waals surface area contributed by atoms with Crippen molar-refractivity contribution in [3.05, 3.63) is 64.7 Å². The van der Waals surface area contributed by atoms with Crippen LogP contribution in [0.1, 0.15) is 11.4 Å². The van der Waals surface area contributed by atoms with E-state index < -0.39 is 0 Å². The highest BCUT2D eigenvalue weighted by Crippen LogP contribution is 2.26. The molecule has 0 unspecified atom stereocenters. The largest absolute Gasteiger partial charge is 0.333 e. The van der Waals surface area contributed by atoms with E-state index in [-0.39, 0.29) is 5.91 Å². The highest BCUT2D eigenvalue weighted by atomic mass is 32.1. The van der Waals surface area contributed by atoms with Gasteiger partial charge in [-0.25, -0.2) is 4.98 Å². The molecule has 4 nitrogen and oxygen atoms in total. The number of benzene rings is 1. The summed E-state index contributed by atoms with van der Waals surface area (Å²) in [6.07, 6.45) is 2.38. The lowest BCUT2D eigenvalue weighted by atomic mass is 10.1. The van der Waals surface area contributed by atoms with Gasteiger partial charge in [0.15, 0.2) is 0 Å². The second-order valence-corrected chi connectivity index (χ2v) is 6.48. The average Bonchev–Trinajstić information content (AvgIpc) is 3.24. The Morgan fingerprint density at radius 1 is 1.17 bits per heavy atom. The van der Waals surface area contributed by atoms with Crippen molar-refractivity contribution in [2.75, 3.05) is 6.54 Å². The summed E-state index contributed by atoms with van der Waals surface area (Å²) < 4.78 is 2.23. The molecule has 0 fully saturated rings. The van der Waals surface area contributed by atoms with E-state index in [1.807, 2.05) is 41.4 Å². The third kappa shape index (κ3) is 2.80. The van der Waals surface area contributed by atoms with E-state index in [0.29, 0.717) is 13.0 Å². The zero-order valence-corrected chi connectivity index (χ0v) is 13.5. The molecule has 4 rings (SSSR count). The minimum absolute atomic E-state index is 0.169. The number of rotatable bonds is 3. The molecule has 2 aromatic heterocycles. The number of nitrogens with zero attached hydrogens (tertiary/aromatic N) is 3. The number of fused-ring (bicyclic) bond motifs is 1. The SMILES string of the molecule is O=C(Cc1ccccc1)N1CCn2c(-c3ccsc3)cnc2C1. The maximum atomic E-state index is 12.5. The van der Waals surface area contributed by atoms with Crippen LogP contribution >= 0.6 is 11.3 Å². The fourth-order valence-electron chi connectivity index (χ4n) is 3.00. The predicted octanol–water partition coefficient (Wildman–Crippen LogP) is 3.20. The summed E-state index contributed by atoms with van der Waals surface area (Å²) in [5, 5.41) is 4.21. The molecule has 0 radical (unpaired) electrons. The Kier molecular flexibility index (Phi) is 3.71. The molecule has 5 heteroatoms. The second kappa shape index (κ2) is 6.01. The van der Waals surface area contributed by atoms with Crippen LogP contribution in [0.3, 0.4) is 0 Å². The molecule has 1 aliphatic heterocycles. The van der Waals surface area contributed by atoms with Gasteiger partial charge in [-0.1, -0.05) is 30.3 Å². The van der Waals surface area contributed by atoms with Crippen molar-refractivity contribution >= 4 is 17.2 Å². The summed E-state index contributed by atoms with van der Waals surface area (Å²) in [5.41, 5.74) is 3.42. The number of carbonyl (C=O) groups is 1. The molecule has 23 heavy (non-hydrogen) atoms. The number of thiophene rings is 1. The Labute approximate surface area is 139 Å². The van der Waals surface area contributed by atoms with E-state index >= 15 is 0 Å². The van der Waals surface area contributed by atoms with Crippen LogP contribution in [0.2, 0.25) is 0 Å². The number of hydrogen-bond donors (Lipinski definition) is 0. The van der Waals surface area contributed by atoms with Crippen LogP contribution in [0.4, 0.5) is 0 Å². The Hall–Kier alpha value is -2.40. The van der Waals surface area contributed by atoms with E-state index in [9.17, 15) is 4.79 Å². The van der Waals surface area contributed by atoms with Gasteiger partial charge in [-0.05, 0) is 17.0 Å². The summed E-state index contributed by atoms with van der Waals surface area (Å²) in [4.78, 5) is 18.9. The Morgan fingerprint density at radius 2 is 2.04 bits per heavy atom. The summed E-state index contributed by atoms with van der Waals surface area (Å²) in [7, 11) is 0. The standard InChI is InChI=1S/C18H17N3OS/c22-18(10-14-4-2-1-3-5-14)20-7-8-21-16(11-19-17(21)12-20)15-6-9-23-13-15/h1-6,9,11,13H,7-8,10,12H2. The molecule has 0 bridgehead atoms. The van der Waals surface area contributed by atoms with Gasteiger partial charge < -0.3 is 9.47 Å². The van der Waals surface area contributed by atoms with Crippen LogP contribution in [-0.2, 0) is 24.3 Å². The molecule has 0 atom stereocenters. The first-order valence-corrected chi connectivity index (χ1v) is 8.64. The first-order valence-electron chi connectivity index (χ1n) is 7.70. The lowest BCUT2D eigenvalue weighted by molar-refractivity contribution is -0.132. The van der Waals surface area contributed by atoms with E-state index in [0.717, 1.165) is 30.2 Å². The fraction of sp³-hybridized carbons (Fsp3) is 0.222. The molecule has 1 amide bonds. The van der Waals surface area contributed by atoms with Crippen LogP contribution in [0.15, 0.2) is 53.4 Å². The van der Waals surface area contributed by atoms with Crippen LogP contribution < -0.4 is 0 Å². The van der Waals surface area contributed by atoms with Gasteiger partial charge in [0.2, 0.25) is 5.91 Å². The first-order chi connectivity index (χ1) is 11.3. The van der Waals surface area contributed by atoms with Crippen molar-refractivity contribution in [3.8, 4) is 11.3 Å². The summed E-state index contributed by atoms with van der Waals surface area (Å²) in [6.45, 7) is 2.14. The fourth-order valence-corrected chi connectivity index (χ4v) is 3.65. The molecule has 1 aromatic carbocycles. The van der Waals surface area contributed by atoms with Gasteiger partial charge in [0.1, 0.15) is 5.82 Å². The average molecular weight is 323 g/mol. The lowest BCUT2D eigenvalue weighted by Crippen LogP contribution is -2.39. The van der Waals surface area contributed by atoms with Gasteiger partial charge in [-0.3, -0.25) is 4.79 Å².